The highest BCUT2D eigenvalue weighted by atomic mass is 32.2. The summed E-state index contributed by atoms with van der Waals surface area (Å²) >= 11 is 0. The molecule has 1 rings (SSSR count). The summed E-state index contributed by atoms with van der Waals surface area (Å²) in [4.78, 5) is 10.5. The minimum Gasteiger partial charge on any atom is -0.475 e. The summed E-state index contributed by atoms with van der Waals surface area (Å²) in [6, 6.07) is 2.73. The monoisotopic (exact) mass is 261 g/mol. The van der Waals surface area contributed by atoms with E-state index in [0.717, 1.165) is 6.42 Å². The largest absolute Gasteiger partial charge is 0.475 e. The molecule has 0 saturated carbocycles. The van der Waals surface area contributed by atoms with E-state index in [1.165, 1.54) is 12.1 Å². The second kappa shape index (κ2) is 5.83. The number of nitrogens with one attached hydrogen (secondary N) is 1. The van der Waals surface area contributed by atoms with Crippen molar-refractivity contribution in [3.63, 3.8) is 0 Å². The third-order valence-corrected chi connectivity index (χ3v) is 3.52. The summed E-state index contributed by atoms with van der Waals surface area (Å²) in [5.74, 6) is -1.03. The van der Waals surface area contributed by atoms with E-state index in [9.17, 15) is 13.2 Å². The van der Waals surface area contributed by atoms with E-state index in [4.69, 9.17) is 9.52 Å². The summed E-state index contributed by atoms with van der Waals surface area (Å²) in [5, 5.41) is 8.61. The van der Waals surface area contributed by atoms with E-state index in [1.807, 2.05) is 6.92 Å². The van der Waals surface area contributed by atoms with Crippen LogP contribution in [0.1, 0.15) is 36.1 Å². The first-order valence-electron chi connectivity index (χ1n) is 5.24. The Labute approximate surface area is 99.7 Å². The Morgan fingerprint density at radius 1 is 1.47 bits per heavy atom. The Bertz CT molecular complexity index is 477. The van der Waals surface area contributed by atoms with Gasteiger partial charge in [0.15, 0.2) is 0 Å². The van der Waals surface area contributed by atoms with Crippen molar-refractivity contribution >= 4 is 16.0 Å². The molecule has 1 heterocycles. The predicted octanol–water partition coefficient (Wildman–Crippen LogP) is 1.20. The molecular weight excluding hydrogens is 246 g/mol. The van der Waals surface area contributed by atoms with Crippen LogP contribution in [0.2, 0.25) is 0 Å². The maximum atomic E-state index is 11.4. The van der Waals surface area contributed by atoms with Gasteiger partial charge in [0.2, 0.25) is 15.8 Å². The molecule has 96 valence electrons. The summed E-state index contributed by atoms with van der Waals surface area (Å²) in [7, 11) is -3.31. The Morgan fingerprint density at radius 2 is 2.18 bits per heavy atom. The lowest BCUT2D eigenvalue weighted by molar-refractivity contribution is 0.0660. The smallest absolute Gasteiger partial charge is 0.371 e. The highest BCUT2D eigenvalue weighted by molar-refractivity contribution is 7.89. The fraction of sp³-hybridized carbons (Fsp3) is 0.500. The van der Waals surface area contributed by atoms with Crippen molar-refractivity contribution < 1.29 is 22.7 Å². The van der Waals surface area contributed by atoms with E-state index in [2.05, 4.69) is 4.72 Å². The molecule has 0 aliphatic carbocycles. The molecule has 6 nitrogen and oxygen atoms in total. The maximum Gasteiger partial charge on any atom is 0.371 e. The zero-order valence-corrected chi connectivity index (χ0v) is 10.3. The lowest BCUT2D eigenvalue weighted by Gasteiger charge is -2.03. The minimum absolute atomic E-state index is 0.0284. The van der Waals surface area contributed by atoms with Crippen molar-refractivity contribution in [2.45, 2.75) is 26.3 Å². The number of carbonyl (C=O) groups is 1. The van der Waals surface area contributed by atoms with Crippen LogP contribution in [0.5, 0.6) is 0 Å². The summed E-state index contributed by atoms with van der Waals surface area (Å²) in [5.41, 5.74) is 0. The van der Waals surface area contributed by atoms with E-state index >= 15 is 0 Å². The molecule has 1 aromatic rings. The van der Waals surface area contributed by atoms with Crippen LogP contribution in [0.3, 0.4) is 0 Å². The number of carboxylic acids is 1. The zero-order valence-electron chi connectivity index (χ0n) is 9.47. The van der Waals surface area contributed by atoms with Gasteiger partial charge in [-0.05, 0) is 18.6 Å². The number of sulfonamides is 1. The third-order valence-electron chi connectivity index (χ3n) is 2.11. The lowest BCUT2D eigenvalue weighted by atomic mass is 10.4. The SMILES string of the molecule is CCCCS(=O)(=O)NCc1ccc(C(=O)O)o1. The minimum atomic E-state index is -3.31. The van der Waals surface area contributed by atoms with Gasteiger partial charge in [-0.25, -0.2) is 17.9 Å². The number of unbranched alkanes of at least 4 members (excludes halogenated alkanes) is 1. The molecule has 0 unspecified atom stereocenters. The molecule has 0 amide bonds. The first-order chi connectivity index (χ1) is 7.94. The molecule has 0 radical (unpaired) electrons. The van der Waals surface area contributed by atoms with Gasteiger partial charge in [0.25, 0.3) is 0 Å². The molecule has 0 atom stereocenters. The first kappa shape index (κ1) is 13.7. The summed E-state index contributed by atoms with van der Waals surface area (Å²) in [6.07, 6.45) is 1.39. The Morgan fingerprint density at radius 3 is 2.71 bits per heavy atom. The van der Waals surface area contributed by atoms with Gasteiger partial charge in [-0.3, -0.25) is 0 Å². The van der Waals surface area contributed by atoms with Gasteiger partial charge in [0.05, 0.1) is 12.3 Å². The normalized spacial score (nSPS) is 11.6. The van der Waals surface area contributed by atoms with Crippen molar-refractivity contribution in [1.82, 2.24) is 4.72 Å². The van der Waals surface area contributed by atoms with Crippen LogP contribution in [0.4, 0.5) is 0 Å². The zero-order chi connectivity index (χ0) is 12.9. The molecule has 17 heavy (non-hydrogen) atoms. The first-order valence-corrected chi connectivity index (χ1v) is 6.89. The molecule has 0 aliphatic rings. The second-order valence-electron chi connectivity index (χ2n) is 3.56. The van der Waals surface area contributed by atoms with Crippen LogP contribution in [0.15, 0.2) is 16.5 Å². The molecular formula is C10H15NO5S. The van der Waals surface area contributed by atoms with Gasteiger partial charge in [-0.15, -0.1) is 0 Å². The molecule has 0 bridgehead atoms. The Kier molecular flexibility index (Phi) is 4.71. The molecule has 0 saturated heterocycles. The van der Waals surface area contributed by atoms with Crippen molar-refractivity contribution in [2.24, 2.45) is 0 Å². The van der Waals surface area contributed by atoms with Crippen LogP contribution in [-0.2, 0) is 16.6 Å². The van der Waals surface area contributed by atoms with E-state index < -0.39 is 16.0 Å². The van der Waals surface area contributed by atoms with Crippen molar-refractivity contribution in [3.8, 4) is 0 Å². The van der Waals surface area contributed by atoms with Gasteiger partial charge in [0, 0.05) is 0 Å². The topological polar surface area (TPSA) is 96.6 Å². The Hall–Kier alpha value is -1.34. The average molecular weight is 261 g/mol. The fourth-order valence-corrected chi connectivity index (χ4v) is 2.35. The van der Waals surface area contributed by atoms with Crippen LogP contribution in [-0.4, -0.2) is 25.2 Å². The predicted molar refractivity (Wildman–Crippen MR) is 61.2 cm³/mol. The average Bonchev–Trinajstić information content (AvgIpc) is 2.73. The number of hydrogen-bond acceptors (Lipinski definition) is 4. The molecule has 2 N–H and O–H groups in total. The molecule has 0 aliphatic heterocycles. The summed E-state index contributed by atoms with van der Waals surface area (Å²) < 4.78 is 30.1. The van der Waals surface area contributed by atoms with Gasteiger partial charge >= 0.3 is 5.97 Å². The van der Waals surface area contributed by atoms with Crippen LogP contribution >= 0.6 is 0 Å². The molecule has 0 fully saturated rings. The van der Waals surface area contributed by atoms with Crippen LogP contribution in [0.25, 0.3) is 0 Å². The number of hydrogen-bond donors (Lipinski definition) is 2. The number of carboxylic acid groups (broad SMARTS) is 1. The number of rotatable bonds is 7. The quantitative estimate of drug-likeness (QED) is 0.768. The highest BCUT2D eigenvalue weighted by Gasteiger charge is 2.12. The van der Waals surface area contributed by atoms with E-state index in [-0.39, 0.29) is 23.8 Å². The molecule has 0 aromatic carbocycles. The third kappa shape index (κ3) is 4.58. The molecule has 7 heteroatoms. The summed E-state index contributed by atoms with van der Waals surface area (Å²) in [6.45, 7) is 1.88. The van der Waals surface area contributed by atoms with Gasteiger partial charge in [0.1, 0.15) is 5.76 Å². The molecule has 0 spiro atoms. The number of furan rings is 1. The number of aromatic carboxylic acids is 1. The van der Waals surface area contributed by atoms with Crippen molar-refractivity contribution in [3.05, 3.63) is 23.7 Å². The Balaban J connectivity index is 2.52. The maximum absolute atomic E-state index is 11.4. The van der Waals surface area contributed by atoms with E-state index in [1.54, 1.807) is 0 Å². The van der Waals surface area contributed by atoms with Crippen molar-refractivity contribution in [2.75, 3.05) is 5.75 Å². The van der Waals surface area contributed by atoms with Gasteiger partial charge < -0.3 is 9.52 Å². The molecule has 1 aromatic heterocycles. The van der Waals surface area contributed by atoms with E-state index in [0.29, 0.717) is 6.42 Å². The lowest BCUT2D eigenvalue weighted by Crippen LogP contribution is -2.25. The highest BCUT2D eigenvalue weighted by Crippen LogP contribution is 2.08. The standard InChI is InChI=1S/C10H15NO5S/c1-2-3-6-17(14,15)11-7-8-4-5-9(16-8)10(12)13/h4-5,11H,2-3,6-7H2,1H3,(H,12,13). The second-order valence-corrected chi connectivity index (χ2v) is 5.49. The fourth-order valence-electron chi connectivity index (χ4n) is 1.18. The van der Waals surface area contributed by atoms with Gasteiger partial charge in [-0.1, -0.05) is 13.3 Å². The van der Waals surface area contributed by atoms with Crippen molar-refractivity contribution in [1.29, 1.82) is 0 Å². The van der Waals surface area contributed by atoms with Crippen LogP contribution in [0, 0.1) is 0 Å². The van der Waals surface area contributed by atoms with Crippen LogP contribution < -0.4 is 4.72 Å². The van der Waals surface area contributed by atoms with Gasteiger partial charge in [-0.2, -0.15) is 0 Å².